The number of aryl methyl sites for hydroxylation is 1. The smallest absolute Gasteiger partial charge is 0.164 e. The van der Waals surface area contributed by atoms with E-state index in [4.69, 9.17) is 19.9 Å². The Hall–Kier alpha value is -4.18. The van der Waals surface area contributed by atoms with Gasteiger partial charge < -0.3 is 0 Å². The van der Waals surface area contributed by atoms with E-state index in [1.165, 1.54) is 0 Å². The molecule has 3 aromatic carbocycles. The molecule has 2 aromatic heterocycles. The largest absolute Gasteiger partial charge is 0.253 e. The molecule has 0 saturated heterocycles. The number of hydrogen-bond acceptors (Lipinski definition) is 4. The Morgan fingerprint density at radius 3 is 1.56 bits per heavy atom. The van der Waals surface area contributed by atoms with Gasteiger partial charge in [0.1, 0.15) is 0 Å². The van der Waals surface area contributed by atoms with Gasteiger partial charge in [0.15, 0.2) is 17.5 Å². The van der Waals surface area contributed by atoms with Crippen LogP contribution in [0.3, 0.4) is 0 Å². The van der Waals surface area contributed by atoms with E-state index >= 15 is 0 Å². The van der Waals surface area contributed by atoms with Crippen molar-refractivity contribution >= 4 is 0 Å². The number of pyridine rings is 1. The fourth-order valence-electron chi connectivity index (χ4n) is 3.59. The lowest BCUT2D eigenvalue weighted by Gasteiger charge is -2.09. The predicted molar refractivity (Wildman–Crippen MR) is 129 cm³/mol. The van der Waals surface area contributed by atoms with Crippen LogP contribution in [0.25, 0.3) is 45.4 Å². The van der Waals surface area contributed by atoms with Crippen molar-refractivity contribution in [3.63, 3.8) is 0 Å². The highest BCUT2D eigenvalue weighted by Crippen LogP contribution is 2.27. The highest BCUT2D eigenvalue weighted by Gasteiger charge is 2.13. The third-order valence-corrected chi connectivity index (χ3v) is 5.28. The molecule has 0 bridgehead atoms. The standard InChI is InChI=1S/C28H22N4/c1-2-24-17-10-18-25(29-24)22-15-9-16-23(19-22)28-31-26(20-11-5-3-6-12-20)30-27(32-28)21-13-7-4-8-14-21/h3-19H,2H2,1H3. The third kappa shape index (κ3) is 4.16. The first kappa shape index (κ1) is 19.8. The maximum Gasteiger partial charge on any atom is 0.164 e. The van der Waals surface area contributed by atoms with Gasteiger partial charge in [-0.05, 0) is 24.6 Å². The molecular weight excluding hydrogens is 392 g/mol. The van der Waals surface area contributed by atoms with E-state index in [0.717, 1.165) is 40.1 Å². The Bertz CT molecular complexity index is 1290. The molecule has 5 rings (SSSR count). The maximum absolute atomic E-state index is 4.83. The molecule has 0 spiro atoms. The second kappa shape index (κ2) is 8.90. The Labute approximate surface area is 187 Å². The van der Waals surface area contributed by atoms with Crippen LogP contribution in [0.4, 0.5) is 0 Å². The fourth-order valence-corrected chi connectivity index (χ4v) is 3.59. The fraction of sp³-hybridized carbons (Fsp3) is 0.0714. The SMILES string of the molecule is CCc1cccc(-c2cccc(-c3nc(-c4ccccc4)nc(-c4ccccc4)n3)c2)n1. The monoisotopic (exact) mass is 414 g/mol. The summed E-state index contributed by atoms with van der Waals surface area (Å²) < 4.78 is 0. The lowest BCUT2D eigenvalue weighted by molar-refractivity contribution is 1.04. The minimum Gasteiger partial charge on any atom is -0.253 e. The van der Waals surface area contributed by atoms with E-state index in [9.17, 15) is 0 Å². The van der Waals surface area contributed by atoms with Gasteiger partial charge in [0.25, 0.3) is 0 Å². The van der Waals surface area contributed by atoms with Gasteiger partial charge in [-0.15, -0.1) is 0 Å². The minimum absolute atomic E-state index is 0.645. The number of aromatic nitrogens is 4. The molecule has 0 aliphatic heterocycles. The molecule has 0 aliphatic carbocycles. The highest BCUT2D eigenvalue weighted by atomic mass is 15.0. The van der Waals surface area contributed by atoms with Crippen LogP contribution in [0.15, 0.2) is 103 Å². The molecule has 0 unspecified atom stereocenters. The van der Waals surface area contributed by atoms with Crippen LogP contribution in [-0.4, -0.2) is 19.9 Å². The molecule has 5 aromatic rings. The molecular formula is C28H22N4. The van der Waals surface area contributed by atoms with Crippen LogP contribution in [0.5, 0.6) is 0 Å². The van der Waals surface area contributed by atoms with Crippen molar-refractivity contribution in [1.82, 2.24) is 19.9 Å². The van der Waals surface area contributed by atoms with Crippen molar-refractivity contribution in [3.05, 3.63) is 109 Å². The number of hydrogen-bond donors (Lipinski definition) is 0. The summed E-state index contributed by atoms with van der Waals surface area (Å²) in [5.74, 6) is 1.96. The van der Waals surface area contributed by atoms with E-state index in [2.05, 4.69) is 31.2 Å². The molecule has 4 heteroatoms. The molecule has 2 heterocycles. The molecule has 0 fully saturated rings. The normalized spacial score (nSPS) is 10.8. The van der Waals surface area contributed by atoms with Gasteiger partial charge in [0, 0.05) is 27.9 Å². The van der Waals surface area contributed by atoms with E-state index in [0.29, 0.717) is 17.5 Å². The Morgan fingerprint density at radius 2 is 0.969 bits per heavy atom. The summed E-state index contributed by atoms with van der Waals surface area (Å²) in [6, 6.07) is 34.4. The van der Waals surface area contributed by atoms with Crippen molar-refractivity contribution in [3.8, 4) is 45.4 Å². The van der Waals surface area contributed by atoms with E-state index in [1.807, 2.05) is 78.9 Å². The van der Waals surface area contributed by atoms with Crippen LogP contribution in [0.2, 0.25) is 0 Å². The molecule has 4 nitrogen and oxygen atoms in total. The van der Waals surface area contributed by atoms with Crippen molar-refractivity contribution in [2.45, 2.75) is 13.3 Å². The lowest BCUT2D eigenvalue weighted by atomic mass is 10.1. The summed E-state index contributed by atoms with van der Waals surface area (Å²) in [6.07, 6.45) is 0.905. The maximum atomic E-state index is 4.83. The molecule has 0 amide bonds. The quantitative estimate of drug-likeness (QED) is 0.329. The topological polar surface area (TPSA) is 51.6 Å². The van der Waals surface area contributed by atoms with Crippen molar-refractivity contribution in [2.24, 2.45) is 0 Å². The molecule has 0 atom stereocenters. The first-order valence-corrected chi connectivity index (χ1v) is 10.7. The van der Waals surface area contributed by atoms with Crippen LogP contribution >= 0.6 is 0 Å². The minimum atomic E-state index is 0.645. The van der Waals surface area contributed by atoms with Gasteiger partial charge >= 0.3 is 0 Å². The average molecular weight is 415 g/mol. The second-order valence-corrected chi connectivity index (χ2v) is 7.49. The van der Waals surface area contributed by atoms with Gasteiger partial charge in [0.2, 0.25) is 0 Å². The second-order valence-electron chi connectivity index (χ2n) is 7.49. The predicted octanol–water partition coefficient (Wildman–Crippen LogP) is 6.50. The highest BCUT2D eigenvalue weighted by molar-refractivity contribution is 5.71. The van der Waals surface area contributed by atoms with Crippen molar-refractivity contribution in [2.75, 3.05) is 0 Å². The van der Waals surface area contributed by atoms with Gasteiger partial charge in [-0.1, -0.05) is 91.9 Å². The molecule has 0 aliphatic rings. The molecule has 0 N–H and O–H groups in total. The Morgan fingerprint density at radius 1 is 0.469 bits per heavy atom. The zero-order valence-corrected chi connectivity index (χ0v) is 17.8. The number of benzene rings is 3. The van der Waals surface area contributed by atoms with Crippen LogP contribution in [0.1, 0.15) is 12.6 Å². The first-order chi connectivity index (χ1) is 15.8. The van der Waals surface area contributed by atoms with E-state index < -0.39 is 0 Å². The lowest BCUT2D eigenvalue weighted by Crippen LogP contribution is -2.00. The van der Waals surface area contributed by atoms with Gasteiger partial charge in [0.05, 0.1) is 5.69 Å². The molecule has 0 saturated carbocycles. The van der Waals surface area contributed by atoms with Crippen LogP contribution in [0, 0.1) is 0 Å². The summed E-state index contributed by atoms with van der Waals surface area (Å²) in [7, 11) is 0. The molecule has 154 valence electrons. The Kier molecular flexibility index (Phi) is 5.50. The molecule has 32 heavy (non-hydrogen) atoms. The number of rotatable bonds is 5. The Balaban J connectivity index is 1.64. The summed E-state index contributed by atoms with van der Waals surface area (Å²) in [5.41, 5.74) is 5.92. The molecule has 0 radical (unpaired) electrons. The van der Waals surface area contributed by atoms with Crippen molar-refractivity contribution in [1.29, 1.82) is 0 Å². The zero-order chi connectivity index (χ0) is 21.8. The summed E-state index contributed by atoms with van der Waals surface area (Å²) in [6.45, 7) is 2.11. The van der Waals surface area contributed by atoms with Crippen molar-refractivity contribution < 1.29 is 0 Å². The summed E-state index contributed by atoms with van der Waals surface area (Å²) >= 11 is 0. The number of nitrogens with zero attached hydrogens (tertiary/aromatic N) is 4. The third-order valence-electron chi connectivity index (χ3n) is 5.28. The van der Waals surface area contributed by atoms with E-state index in [-0.39, 0.29) is 0 Å². The van der Waals surface area contributed by atoms with E-state index in [1.54, 1.807) is 0 Å². The first-order valence-electron chi connectivity index (χ1n) is 10.7. The summed E-state index contributed by atoms with van der Waals surface area (Å²) in [5, 5.41) is 0. The van der Waals surface area contributed by atoms with Crippen LogP contribution in [-0.2, 0) is 6.42 Å². The van der Waals surface area contributed by atoms with Crippen LogP contribution < -0.4 is 0 Å². The zero-order valence-electron chi connectivity index (χ0n) is 17.8. The van der Waals surface area contributed by atoms with Gasteiger partial charge in [-0.3, -0.25) is 4.98 Å². The van der Waals surface area contributed by atoms with Gasteiger partial charge in [-0.25, -0.2) is 15.0 Å². The average Bonchev–Trinajstić information content (AvgIpc) is 2.89. The van der Waals surface area contributed by atoms with Gasteiger partial charge in [-0.2, -0.15) is 0 Å². The summed E-state index contributed by atoms with van der Waals surface area (Å²) in [4.78, 5) is 19.2.